The third-order valence-corrected chi connectivity index (χ3v) is 3.16. The predicted molar refractivity (Wildman–Crippen MR) is 85.6 cm³/mol. The van der Waals surface area contributed by atoms with E-state index in [9.17, 15) is 9.59 Å². The summed E-state index contributed by atoms with van der Waals surface area (Å²) in [6.07, 6.45) is 0.190. The van der Waals surface area contributed by atoms with Crippen molar-refractivity contribution in [2.45, 2.75) is 13.3 Å². The lowest BCUT2D eigenvalue weighted by molar-refractivity contribution is -0.115. The molecule has 0 aliphatic heterocycles. The minimum atomic E-state index is -0.603. The number of hydrogen-bond donors (Lipinski definition) is 3. The fraction of sp³-hybridized carbons (Fsp3) is 0.176. The van der Waals surface area contributed by atoms with Gasteiger partial charge in [0.05, 0.1) is 13.0 Å². The highest BCUT2D eigenvalue weighted by molar-refractivity contribution is 5.95. The minimum Gasteiger partial charge on any atom is -0.494 e. The predicted octanol–water partition coefficient (Wildman–Crippen LogP) is 2.39. The number of para-hydroxylation sites is 1. The molecule has 2 amide bonds. The molecule has 0 radical (unpaired) electrons. The van der Waals surface area contributed by atoms with Crippen molar-refractivity contribution in [3.8, 4) is 5.75 Å². The van der Waals surface area contributed by atoms with Gasteiger partial charge in [-0.1, -0.05) is 18.2 Å². The quantitative estimate of drug-likeness (QED) is 0.564. The van der Waals surface area contributed by atoms with Crippen LogP contribution in [0.15, 0.2) is 48.5 Å². The molecule has 6 nitrogen and oxygen atoms in total. The van der Waals surface area contributed by atoms with Crippen LogP contribution in [0.2, 0.25) is 0 Å². The first-order valence-electron chi connectivity index (χ1n) is 7.19. The van der Waals surface area contributed by atoms with Crippen LogP contribution in [0.25, 0.3) is 0 Å². The molecule has 3 N–H and O–H groups in total. The van der Waals surface area contributed by atoms with Gasteiger partial charge in [0.2, 0.25) is 5.91 Å². The van der Waals surface area contributed by atoms with Crippen LogP contribution in [0, 0.1) is 0 Å². The van der Waals surface area contributed by atoms with Gasteiger partial charge in [-0.2, -0.15) is 0 Å². The van der Waals surface area contributed by atoms with Crippen LogP contribution < -0.4 is 15.5 Å². The summed E-state index contributed by atoms with van der Waals surface area (Å²) >= 11 is 0. The van der Waals surface area contributed by atoms with Crippen molar-refractivity contribution < 1.29 is 19.5 Å². The molecule has 6 heteroatoms. The summed E-state index contributed by atoms with van der Waals surface area (Å²) < 4.78 is 5.49. The molecule has 0 heterocycles. The highest BCUT2D eigenvalue weighted by Crippen LogP contribution is 2.19. The number of hydroxylamine groups is 1. The monoisotopic (exact) mass is 314 g/mol. The summed E-state index contributed by atoms with van der Waals surface area (Å²) in [4.78, 5) is 23.4. The highest BCUT2D eigenvalue weighted by atomic mass is 16.5. The Bertz CT molecular complexity index is 683. The van der Waals surface area contributed by atoms with Gasteiger partial charge in [-0.3, -0.25) is 14.8 Å². The maximum atomic E-state index is 12.1. The Morgan fingerprint density at radius 3 is 2.43 bits per heavy atom. The Balaban J connectivity index is 2.01. The first kappa shape index (κ1) is 16.5. The zero-order valence-electron chi connectivity index (χ0n) is 12.7. The number of ether oxygens (including phenoxy) is 1. The smallest absolute Gasteiger partial charge is 0.274 e. The van der Waals surface area contributed by atoms with Crippen molar-refractivity contribution in [3.63, 3.8) is 0 Å². The zero-order chi connectivity index (χ0) is 16.7. The summed E-state index contributed by atoms with van der Waals surface area (Å²) in [5.74, 6) is -0.0925. The Morgan fingerprint density at radius 1 is 1.09 bits per heavy atom. The number of anilines is 1. The van der Waals surface area contributed by atoms with E-state index in [0.717, 1.165) is 5.56 Å². The molecule has 23 heavy (non-hydrogen) atoms. The number of hydrogen-bond acceptors (Lipinski definition) is 4. The summed E-state index contributed by atoms with van der Waals surface area (Å²) in [7, 11) is 0. The number of carbonyl (C=O) groups excluding carboxylic acids is 2. The van der Waals surface area contributed by atoms with Gasteiger partial charge in [0, 0.05) is 16.8 Å². The van der Waals surface area contributed by atoms with Crippen molar-refractivity contribution >= 4 is 17.5 Å². The van der Waals surface area contributed by atoms with Crippen LogP contribution in [-0.4, -0.2) is 23.6 Å². The Morgan fingerprint density at radius 2 is 1.78 bits per heavy atom. The van der Waals surface area contributed by atoms with Crippen LogP contribution in [-0.2, 0) is 11.2 Å². The lowest BCUT2D eigenvalue weighted by Crippen LogP contribution is -2.19. The van der Waals surface area contributed by atoms with Gasteiger partial charge >= 0.3 is 0 Å². The number of carbonyl (C=O) groups is 2. The number of amides is 2. The second-order valence-corrected chi connectivity index (χ2v) is 4.78. The molecule has 2 aromatic carbocycles. The molecule has 0 fully saturated rings. The SMILES string of the molecule is CCOc1ccccc1CC(=O)Nc1ccc(C(=O)NO)cc1. The van der Waals surface area contributed by atoms with Crippen LogP contribution in [0.1, 0.15) is 22.8 Å². The van der Waals surface area contributed by atoms with Crippen molar-refractivity contribution in [1.82, 2.24) is 5.48 Å². The fourth-order valence-electron chi connectivity index (χ4n) is 2.09. The molecule has 0 saturated heterocycles. The normalized spacial score (nSPS) is 10.0. The maximum Gasteiger partial charge on any atom is 0.274 e. The van der Waals surface area contributed by atoms with Gasteiger partial charge in [0.15, 0.2) is 0 Å². The summed E-state index contributed by atoms with van der Waals surface area (Å²) in [5.41, 5.74) is 3.23. The Kier molecular flexibility index (Phi) is 5.71. The van der Waals surface area contributed by atoms with Gasteiger partial charge in [-0.25, -0.2) is 5.48 Å². The van der Waals surface area contributed by atoms with E-state index in [1.165, 1.54) is 12.1 Å². The van der Waals surface area contributed by atoms with Crippen molar-refractivity contribution in [2.75, 3.05) is 11.9 Å². The van der Waals surface area contributed by atoms with Gasteiger partial charge < -0.3 is 10.1 Å². The largest absolute Gasteiger partial charge is 0.494 e. The van der Waals surface area contributed by atoms with Gasteiger partial charge in [-0.15, -0.1) is 0 Å². The van der Waals surface area contributed by atoms with Crippen LogP contribution in [0.3, 0.4) is 0 Å². The van der Waals surface area contributed by atoms with E-state index >= 15 is 0 Å². The molecule has 120 valence electrons. The Hall–Kier alpha value is -2.86. The van der Waals surface area contributed by atoms with Gasteiger partial charge in [-0.05, 0) is 37.3 Å². The molecule has 0 spiro atoms. The number of rotatable bonds is 6. The molecule has 0 unspecified atom stereocenters. The van der Waals surface area contributed by atoms with Gasteiger partial charge in [0.1, 0.15) is 5.75 Å². The summed E-state index contributed by atoms with van der Waals surface area (Å²) in [6.45, 7) is 2.42. The molecule has 0 aliphatic carbocycles. The number of nitrogens with one attached hydrogen (secondary N) is 2. The van der Waals surface area contributed by atoms with Gasteiger partial charge in [0.25, 0.3) is 5.91 Å². The Labute approximate surface area is 134 Å². The lowest BCUT2D eigenvalue weighted by atomic mass is 10.1. The first-order valence-corrected chi connectivity index (χ1v) is 7.19. The molecule has 0 atom stereocenters. The standard InChI is InChI=1S/C17H18N2O4/c1-2-23-15-6-4-3-5-13(15)11-16(20)18-14-9-7-12(8-10-14)17(21)19-22/h3-10,22H,2,11H2,1H3,(H,18,20)(H,19,21). The van der Waals surface area contributed by atoms with Crippen molar-refractivity contribution in [3.05, 3.63) is 59.7 Å². The summed E-state index contributed by atoms with van der Waals surface area (Å²) in [6, 6.07) is 13.6. The fourth-order valence-corrected chi connectivity index (χ4v) is 2.09. The molecule has 0 aliphatic rings. The molecular formula is C17H18N2O4. The minimum absolute atomic E-state index is 0.184. The molecular weight excluding hydrogens is 296 g/mol. The second kappa shape index (κ2) is 7.95. The molecule has 2 aromatic rings. The highest BCUT2D eigenvalue weighted by Gasteiger charge is 2.09. The van der Waals surface area contributed by atoms with E-state index in [1.54, 1.807) is 17.6 Å². The summed E-state index contributed by atoms with van der Waals surface area (Å²) in [5, 5.41) is 11.3. The molecule has 0 bridgehead atoms. The van der Waals surface area contributed by atoms with E-state index < -0.39 is 5.91 Å². The molecule has 0 aromatic heterocycles. The average molecular weight is 314 g/mol. The number of benzene rings is 2. The third-order valence-electron chi connectivity index (χ3n) is 3.16. The van der Waals surface area contributed by atoms with E-state index in [-0.39, 0.29) is 12.3 Å². The van der Waals surface area contributed by atoms with Crippen LogP contribution in [0.5, 0.6) is 5.75 Å². The van der Waals surface area contributed by atoms with Crippen molar-refractivity contribution in [2.24, 2.45) is 0 Å². The average Bonchev–Trinajstić information content (AvgIpc) is 2.57. The maximum absolute atomic E-state index is 12.1. The lowest BCUT2D eigenvalue weighted by Gasteiger charge is -2.10. The van der Waals surface area contributed by atoms with Crippen LogP contribution in [0.4, 0.5) is 5.69 Å². The zero-order valence-corrected chi connectivity index (χ0v) is 12.7. The van der Waals surface area contributed by atoms with E-state index in [2.05, 4.69) is 5.32 Å². The first-order chi connectivity index (χ1) is 11.1. The van der Waals surface area contributed by atoms with Crippen LogP contribution >= 0.6 is 0 Å². The van der Waals surface area contributed by atoms with E-state index in [4.69, 9.17) is 9.94 Å². The molecule has 0 saturated carbocycles. The van der Waals surface area contributed by atoms with Crippen molar-refractivity contribution in [1.29, 1.82) is 0 Å². The molecule has 2 rings (SSSR count). The second-order valence-electron chi connectivity index (χ2n) is 4.78. The topological polar surface area (TPSA) is 87.7 Å². The third kappa shape index (κ3) is 4.55. The van der Waals surface area contributed by atoms with E-state index in [0.29, 0.717) is 23.6 Å². The van der Waals surface area contributed by atoms with E-state index in [1.807, 2.05) is 31.2 Å².